The summed E-state index contributed by atoms with van der Waals surface area (Å²) in [6.07, 6.45) is 7.51. The van der Waals surface area contributed by atoms with Crippen LogP contribution in [0, 0.1) is 5.92 Å². The zero-order chi connectivity index (χ0) is 12.0. The van der Waals surface area contributed by atoms with Crippen LogP contribution < -0.4 is 0 Å². The number of likely N-dealkylation sites (N-methyl/N-ethyl adjacent to an activating group) is 1. The van der Waals surface area contributed by atoms with Gasteiger partial charge in [-0.3, -0.25) is 4.79 Å². The zero-order valence-corrected chi connectivity index (χ0v) is 10.8. The van der Waals surface area contributed by atoms with Crippen molar-refractivity contribution in [3.63, 3.8) is 0 Å². The molecule has 92 valence electrons. The number of hydrogen-bond donors (Lipinski definition) is 0. The SMILES string of the molecule is C=C(CC1CCCCC1)C(=O)N(CC)CC. The number of carbonyl (C=O) groups is 1. The fourth-order valence-corrected chi connectivity index (χ4v) is 2.56. The number of carbonyl (C=O) groups excluding carboxylic acids is 1. The van der Waals surface area contributed by atoms with Crippen LogP contribution >= 0.6 is 0 Å². The second-order valence-electron chi connectivity index (χ2n) is 4.79. The highest BCUT2D eigenvalue weighted by molar-refractivity contribution is 5.92. The molecule has 0 spiro atoms. The minimum Gasteiger partial charge on any atom is -0.340 e. The molecule has 0 N–H and O–H groups in total. The summed E-state index contributed by atoms with van der Waals surface area (Å²) in [5, 5.41) is 0. The molecule has 1 amide bonds. The van der Waals surface area contributed by atoms with Crippen molar-refractivity contribution < 1.29 is 4.79 Å². The Morgan fingerprint density at radius 1 is 1.19 bits per heavy atom. The average Bonchev–Trinajstić information content (AvgIpc) is 2.31. The number of nitrogens with zero attached hydrogens (tertiary/aromatic N) is 1. The molecule has 16 heavy (non-hydrogen) atoms. The topological polar surface area (TPSA) is 20.3 Å². The summed E-state index contributed by atoms with van der Waals surface area (Å²) in [6.45, 7) is 9.60. The van der Waals surface area contributed by atoms with E-state index in [0.717, 1.165) is 25.1 Å². The van der Waals surface area contributed by atoms with E-state index < -0.39 is 0 Å². The van der Waals surface area contributed by atoms with Gasteiger partial charge in [0.05, 0.1) is 0 Å². The third-order valence-electron chi connectivity index (χ3n) is 3.61. The molecule has 0 aromatic rings. The van der Waals surface area contributed by atoms with Gasteiger partial charge in [0.25, 0.3) is 0 Å². The van der Waals surface area contributed by atoms with E-state index in [2.05, 4.69) is 6.58 Å². The number of hydrogen-bond acceptors (Lipinski definition) is 1. The number of amides is 1. The first-order valence-corrected chi connectivity index (χ1v) is 6.66. The Labute approximate surface area is 99.7 Å². The molecule has 2 heteroatoms. The van der Waals surface area contributed by atoms with Crippen molar-refractivity contribution in [2.45, 2.75) is 52.4 Å². The molecular weight excluding hydrogens is 198 g/mol. The molecule has 0 heterocycles. The Kier molecular flexibility index (Phi) is 5.58. The van der Waals surface area contributed by atoms with Crippen molar-refractivity contribution >= 4 is 5.91 Å². The van der Waals surface area contributed by atoms with Gasteiger partial charge in [0.2, 0.25) is 5.91 Å². The molecule has 1 saturated carbocycles. The lowest BCUT2D eigenvalue weighted by Crippen LogP contribution is -2.32. The molecule has 1 rings (SSSR count). The third kappa shape index (κ3) is 3.66. The normalized spacial score (nSPS) is 17.1. The molecule has 1 aliphatic carbocycles. The fourth-order valence-electron chi connectivity index (χ4n) is 2.56. The van der Waals surface area contributed by atoms with Crippen LogP contribution in [0.25, 0.3) is 0 Å². The summed E-state index contributed by atoms with van der Waals surface area (Å²) in [5.41, 5.74) is 0.815. The van der Waals surface area contributed by atoms with Crippen LogP contribution in [0.1, 0.15) is 52.4 Å². The van der Waals surface area contributed by atoms with E-state index >= 15 is 0 Å². The van der Waals surface area contributed by atoms with E-state index in [1.807, 2.05) is 18.7 Å². The van der Waals surface area contributed by atoms with Crippen LogP contribution in [-0.4, -0.2) is 23.9 Å². The van der Waals surface area contributed by atoms with Crippen LogP contribution in [0.2, 0.25) is 0 Å². The second kappa shape index (κ2) is 6.72. The first-order chi connectivity index (χ1) is 7.69. The number of rotatable bonds is 5. The molecule has 0 unspecified atom stereocenters. The monoisotopic (exact) mass is 223 g/mol. The fraction of sp³-hybridized carbons (Fsp3) is 0.786. The second-order valence-corrected chi connectivity index (χ2v) is 4.79. The van der Waals surface area contributed by atoms with E-state index in [9.17, 15) is 4.79 Å². The van der Waals surface area contributed by atoms with Crippen molar-refractivity contribution in [3.05, 3.63) is 12.2 Å². The van der Waals surface area contributed by atoms with E-state index in [1.165, 1.54) is 32.1 Å². The average molecular weight is 223 g/mol. The summed E-state index contributed by atoms with van der Waals surface area (Å²) in [6, 6.07) is 0. The molecule has 0 aliphatic heterocycles. The van der Waals surface area contributed by atoms with Crippen LogP contribution in [0.3, 0.4) is 0 Å². The smallest absolute Gasteiger partial charge is 0.249 e. The zero-order valence-electron chi connectivity index (χ0n) is 10.8. The summed E-state index contributed by atoms with van der Waals surface area (Å²) in [4.78, 5) is 13.9. The predicted octanol–water partition coefficient (Wildman–Crippen LogP) is 3.38. The lowest BCUT2D eigenvalue weighted by Gasteiger charge is -2.25. The Hall–Kier alpha value is -0.790. The molecular formula is C14H25NO. The lowest BCUT2D eigenvalue weighted by atomic mass is 9.85. The Bertz CT molecular complexity index is 237. The van der Waals surface area contributed by atoms with Gasteiger partial charge in [-0.25, -0.2) is 0 Å². The van der Waals surface area contributed by atoms with Crippen LogP contribution in [-0.2, 0) is 4.79 Å². The molecule has 0 aromatic carbocycles. The van der Waals surface area contributed by atoms with E-state index in [4.69, 9.17) is 0 Å². The van der Waals surface area contributed by atoms with Gasteiger partial charge < -0.3 is 4.90 Å². The van der Waals surface area contributed by atoms with Gasteiger partial charge in [0, 0.05) is 18.7 Å². The minimum atomic E-state index is 0.163. The Morgan fingerprint density at radius 2 is 1.75 bits per heavy atom. The van der Waals surface area contributed by atoms with Crippen LogP contribution in [0.5, 0.6) is 0 Å². The highest BCUT2D eigenvalue weighted by Crippen LogP contribution is 2.28. The molecule has 0 radical (unpaired) electrons. The van der Waals surface area contributed by atoms with E-state index in [-0.39, 0.29) is 5.91 Å². The van der Waals surface area contributed by atoms with Crippen molar-refractivity contribution in [2.75, 3.05) is 13.1 Å². The maximum absolute atomic E-state index is 12.0. The minimum absolute atomic E-state index is 0.163. The largest absolute Gasteiger partial charge is 0.340 e. The van der Waals surface area contributed by atoms with Gasteiger partial charge in [-0.1, -0.05) is 38.7 Å². The lowest BCUT2D eigenvalue weighted by molar-refractivity contribution is -0.127. The summed E-state index contributed by atoms with van der Waals surface area (Å²) < 4.78 is 0. The molecule has 2 nitrogen and oxygen atoms in total. The quantitative estimate of drug-likeness (QED) is 0.654. The molecule has 1 aliphatic rings. The maximum Gasteiger partial charge on any atom is 0.249 e. The van der Waals surface area contributed by atoms with Gasteiger partial charge in [-0.2, -0.15) is 0 Å². The third-order valence-corrected chi connectivity index (χ3v) is 3.61. The first-order valence-electron chi connectivity index (χ1n) is 6.66. The van der Waals surface area contributed by atoms with E-state index in [1.54, 1.807) is 0 Å². The molecule has 1 fully saturated rings. The van der Waals surface area contributed by atoms with Crippen molar-refractivity contribution in [3.8, 4) is 0 Å². The summed E-state index contributed by atoms with van der Waals surface area (Å²) in [7, 11) is 0. The molecule has 0 atom stereocenters. The highest BCUT2D eigenvalue weighted by Gasteiger charge is 2.19. The Balaban J connectivity index is 2.41. The van der Waals surface area contributed by atoms with Gasteiger partial charge >= 0.3 is 0 Å². The first kappa shape index (κ1) is 13.3. The standard InChI is InChI=1S/C14H25NO/c1-4-15(5-2)14(16)12(3)11-13-9-7-6-8-10-13/h13H,3-11H2,1-2H3. The van der Waals surface area contributed by atoms with Crippen molar-refractivity contribution in [1.29, 1.82) is 0 Å². The summed E-state index contributed by atoms with van der Waals surface area (Å²) >= 11 is 0. The predicted molar refractivity (Wildman–Crippen MR) is 68.3 cm³/mol. The van der Waals surface area contributed by atoms with Crippen molar-refractivity contribution in [2.24, 2.45) is 5.92 Å². The molecule has 0 aromatic heterocycles. The van der Waals surface area contributed by atoms with Gasteiger partial charge in [0.15, 0.2) is 0 Å². The van der Waals surface area contributed by atoms with Gasteiger partial charge in [0.1, 0.15) is 0 Å². The maximum atomic E-state index is 12.0. The van der Waals surface area contributed by atoms with E-state index in [0.29, 0.717) is 5.92 Å². The van der Waals surface area contributed by atoms with Gasteiger partial charge in [-0.05, 0) is 26.2 Å². The van der Waals surface area contributed by atoms with Gasteiger partial charge in [-0.15, -0.1) is 0 Å². The Morgan fingerprint density at radius 3 is 2.25 bits per heavy atom. The van der Waals surface area contributed by atoms with Crippen LogP contribution in [0.15, 0.2) is 12.2 Å². The summed E-state index contributed by atoms with van der Waals surface area (Å²) in [5.74, 6) is 0.872. The highest BCUT2D eigenvalue weighted by atomic mass is 16.2. The van der Waals surface area contributed by atoms with Crippen molar-refractivity contribution in [1.82, 2.24) is 4.90 Å². The molecule has 0 saturated heterocycles. The van der Waals surface area contributed by atoms with Crippen LogP contribution in [0.4, 0.5) is 0 Å². The molecule has 0 bridgehead atoms.